The SMILES string of the molecule is COC(=O)COc1ccc(C(S)CNS(C)(=O)=O)cc1F. The molecular weight excluding hydrogens is 321 g/mol. The maximum atomic E-state index is 13.8. The number of carbonyl (C=O) groups excluding carboxylic acids is 1. The second-order valence-electron chi connectivity index (χ2n) is 4.19. The van der Waals surface area contributed by atoms with Crippen molar-refractivity contribution in [2.24, 2.45) is 0 Å². The Labute approximate surface area is 128 Å². The largest absolute Gasteiger partial charge is 0.479 e. The van der Waals surface area contributed by atoms with Gasteiger partial charge in [0.05, 0.1) is 13.4 Å². The van der Waals surface area contributed by atoms with Crippen LogP contribution in [-0.4, -0.2) is 40.9 Å². The molecular formula is C12H16FNO5S2. The number of sulfonamides is 1. The van der Waals surface area contributed by atoms with Crippen molar-refractivity contribution in [3.05, 3.63) is 29.6 Å². The van der Waals surface area contributed by atoms with Crippen molar-refractivity contribution in [3.8, 4) is 5.75 Å². The number of rotatable bonds is 7. The molecule has 0 fully saturated rings. The lowest BCUT2D eigenvalue weighted by molar-refractivity contribution is -0.142. The third-order valence-corrected chi connectivity index (χ3v) is 3.62. The minimum Gasteiger partial charge on any atom is -0.479 e. The van der Waals surface area contributed by atoms with Gasteiger partial charge in [-0.2, -0.15) is 12.6 Å². The molecule has 118 valence electrons. The number of esters is 1. The molecule has 0 saturated carbocycles. The van der Waals surface area contributed by atoms with Crippen molar-refractivity contribution < 1.29 is 27.1 Å². The van der Waals surface area contributed by atoms with Gasteiger partial charge in [0, 0.05) is 11.8 Å². The topological polar surface area (TPSA) is 81.7 Å². The summed E-state index contributed by atoms with van der Waals surface area (Å²) in [5.74, 6) is -1.39. The molecule has 0 aliphatic heterocycles. The number of hydrogen-bond acceptors (Lipinski definition) is 6. The van der Waals surface area contributed by atoms with Crippen LogP contribution in [0.5, 0.6) is 5.75 Å². The molecule has 0 aliphatic carbocycles. The molecule has 1 rings (SSSR count). The number of thiol groups is 1. The highest BCUT2D eigenvalue weighted by atomic mass is 32.2. The van der Waals surface area contributed by atoms with Gasteiger partial charge in [-0.05, 0) is 17.7 Å². The van der Waals surface area contributed by atoms with Gasteiger partial charge in [-0.15, -0.1) is 0 Å². The Bertz CT molecular complexity index is 606. The van der Waals surface area contributed by atoms with E-state index in [0.717, 1.165) is 6.26 Å². The van der Waals surface area contributed by atoms with Crippen LogP contribution in [-0.2, 0) is 19.6 Å². The van der Waals surface area contributed by atoms with Crippen LogP contribution in [0.3, 0.4) is 0 Å². The molecule has 9 heteroatoms. The molecule has 0 saturated heterocycles. The molecule has 1 N–H and O–H groups in total. The second kappa shape index (κ2) is 7.62. The van der Waals surface area contributed by atoms with E-state index < -0.39 is 33.7 Å². The summed E-state index contributed by atoms with van der Waals surface area (Å²) < 4.78 is 47.4. The Kier molecular flexibility index (Phi) is 6.43. The van der Waals surface area contributed by atoms with E-state index in [4.69, 9.17) is 4.74 Å². The van der Waals surface area contributed by atoms with Crippen molar-refractivity contribution in [2.45, 2.75) is 5.25 Å². The summed E-state index contributed by atoms with van der Waals surface area (Å²) in [5, 5.41) is -0.510. The summed E-state index contributed by atoms with van der Waals surface area (Å²) in [6.07, 6.45) is 1.03. The lowest BCUT2D eigenvalue weighted by atomic mass is 10.1. The average molecular weight is 337 g/mol. The van der Waals surface area contributed by atoms with Crippen LogP contribution < -0.4 is 9.46 Å². The minimum absolute atomic E-state index is 0.0315. The smallest absolute Gasteiger partial charge is 0.343 e. The first-order valence-electron chi connectivity index (χ1n) is 5.84. The summed E-state index contributed by atoms with van der Waals surface area (Å²) in [4.78, 5) is 10.9. The van der Waals surface area contributed by atoms with Crippen LogP contribution in [0.15, 0.2) is 18.2 Å². The third-order valence-electron chi connectivity index (χ3n) is 2.45. The fourth-order valence-corrected chi connectivity index (χ4v) is 2.23. The Morgan fingerprint density at radius 2 is 2.14 bits per heavy atom. The average Bonchev–Trinajstić information content (AvgIpc) is 2.42. The van der Waals surface area contributed by atoms with Gasteiger partial charge in [-0.25, -0.2) is 22.3 Å². The molecule has 1 unspecified atom stereocenters. The number of hydrogen-bond donors (Lipinski definition) is 2. The molecule has 0 aromatic heterocycles. The van der Waals surface area contributed by atoms with E-state index in [9.17, 15) is 17.6 Å². The first-order chi connectivity index (χ1) is 9.73. The number of benzene rings is 1. The molecule has 21 heavy (non-hydrogen) atoms. The molecule has 0 amide bonds. The summed E-state index contributed by atoms with van der Waals surface area (Å²) in [6, 6.07) is 4.06. The molecule has 1 aromatic carbocycles. The van der Waals surface area contributed by atoms with Crippen molar-refractivity contribution in [1.82, 2.24) is 4.72 Å². The Morgan fingerprint density at radius 3 is 2.67 bits per heavy atom. The maximum Gasteiger partial charge on any atom is 0.343 e. The van der Waals surface area contributed by atoms with Crippen molar-refractivity contribution in [1.29, 1.82) is 0 Å². The Hall–Kier alpha value is -1.32. The zero-order valence-electron chi connectivity index (χ0n) is 11.5. The minimum atomic E-state index is -3.34. The van der Waals surface area contributed by atoms with Crippen LogP contribution in [0.1, 0.15) is 10.8 Å². The van der Waals surface area contributed by atoms with Gasteiger partial charge in [-0.3, -0.25) is 0 Å². The zero-order chi connectivity index (χ0) is 16.0. The summed E-state index contributed by atoms with van der Waals surface area (Å²) in [5.41, 5.74) is 0.484. The quantitative estimate of drug-likeness (QED) is 0.571. The second-order valence-corrected chi connectivity index (χ2v) is 6.65. The number of nitrogens with one attached hydrogen (secondary N) is 1. The van der Waals surface area contributed by atoms with Gasteiger partial charge in [0.15, 0.2) is 18.2 Å². The van der Waals surface area contributed by atoms with E-state index in [-0.39, 0.29) is 12.3 Å². The summed E-state index contributed by atoms with van der Waals surface area (Å²) in [7, 11) is -2.14. The predicted molar refractivity (Wildman–Crippen MR) is 78.5 cm³/mol. The van der Waals surface area contributed by atoms with Crippen LogP contribution in [0.4, 0.5) is 4.39 Å². The molecule has 0 spiro atoms. The van der Waals surface area contributed by atoms with Crippen molar-refractivity contribution >= 4 is 28.6 Å². The van der Waals surface area contributed by atoms with E-state index in [1.165, 1.54) is 25.3 Å². The van der Waals surface area contributed by atoms with E-state index in [0.29, 0.717) is 5.56 Å². The van der Waals surface area contributed by atoms with Gasteiger partial charge in [-0.1, -0.05) is 6.07 Å². The fourth-order valence-electron chi connectivity index (χ4n) is 1.39. The van der Waals surface area contributed by atoms with Gasteiger partial charge >= 0.3 is 5.97 Å². The van der Waals surface area contributed by atoms with Crippen LogP contribution >= 0.6 is 12.6 Å². The summed E-state index contributed by atoms with van der Waals surface area (Å²) >= 11 is 4.20. The first-order valence-corrected chi connectivity index (χ1v) is 8.25. The molecule has 0 heterocycles. The Balaban J connectivity index is 2.70. The molecule has 0 bridgehead atoms. The standard InChI is InChI=1S/C12H16FNO5S2/c1-18-12(15)7-19-10-4-3-8(5-9(10)13)11(20)6-14-21(2,16)17/h3-5,11,14,20H,6-7H2,1-2H3. The maximum absolute atomic E-state index is 13.8. The van der Waals surface area contributed by atoms with Gasteiger partial charge in [0.2, 0.25) is 10.0 Å². The van der Waals surface area contributed by atoms with Crippen LogP contribution in [0.25, 0.3) is 0 Å². The number of carbonyl (C=O) groups is 1. The lowest BCUT2D eigenvalue weighted by Crippen LogP contribution is -2.25. The van der Waals surface area contributed by atoms with Crippen molar-refractivity contribution in [3.63, 3.8) is 0 Å². The Morgan fingerprint density at radius 1 is 1.48 bits per heavy atom. The molecule has 1 atom stereocenters. The van der Waals surface area contributed by atoms with E-state index in [1.807, 2.05) is 0 Å². The van der Waals surface area contributed by atoms with E-state index in [2.05, 4.69) is 22.1 Å². The highest BCUT2D eigenvalue weighted by molar-refractivity contribution is 7.88. The molecule has 0 aliphatic rings. The third kappa shape index (κ3) is 6.32. The summed E-state index contributed by atoms with van der Waals surface area (Å²) in [6.45, 7) is -0.365. The predicted octanol–water partition coefficient (Wildman–Crippen LogP) is 0.898. The molecule has 0 radical (unpaired) electrons. The number of halogens is 1. The molecule has 6 nitrogen and oxygen atoms in total. The van der Waals surface area contributed by atoms with Gasteiger partial charge < -0.3 is 9.47 Å². The van der Waals surface area contributed by atoms with Gasteiger partial charge in [0.25, 0.3) is 0 Å². The van der Waals surface area contributed by atoms with Crippen molar-refractivity contribution in [2.75, 3.05) is 26.5 Å². The molecule has 1 aromatic rings. The van der Waals surface area contributed by atoms with Gasteiger partial charge in [0.1, 0.15) is 0 Å². The zero-order valence-corrected chi connectivity index (χ0v) is 13.2. The number of methoxy groups -OCH3 is 1. The normalized spacial score (nSPS) is 12.8. The first kappa shape index (κ1) is 17.7. The van der Waals surface area contributed by atoms with Crippen LogP contribution in [0, 0.1) is 5.82 Å². The number of ether oxygens (including phenoxy) is 2. The highest BCUT2D eigenvalue weighted by Gasteiger charge is 2.13. The van der Waals surface area contributed by atoms with E-state index in [1.54, 1.807) is 0 Å². The monoisotopic (exact) mass is 337 g/mol. The lowest BCUT2D eigenvalue weighted by Gasteiger charge is -2.13. The fraction of sp³-hybridized carbons (Fsp3) is 0.417. The highest BCUT2D eigenvalue weighted by Crippen LogP contribution is 2.25. The van der Waals surface area contributed by atoms with E-state index >= 15 is 0 Å². The van der Waals surface area contributed by atoms with Crippen LogP contribution in [0.2, 0.25) is 0 Å².